The first-order chi connectivity index (χ1) is 9.69. The van der Waals surface area contributed by atoms with Crippen LogP contribution in [0.1, 0.15) is 20.8 Å². The molecule has 0 spiro atoms. The largest absolute Gasteiger partial charge is 0.384 e. The maximum atomic E-state index is 12.7. The van der Waals surface area contributed by atoms with Gasteiger partial charge in [0.2, 0.25) is 0 Å². The maximum Gasteiger partial charge on any atom is 0.251 e. The topological polar surface area (TPSA) is 49.3 Å². The van der Waals surface area contributed by atoms with Gasteiger partial charge >= 0.3 is 0 Å². The molecule has 0 bridgehead atoms. The van der Waals surface area contributed by atoms with E-state index in [9.17, 15) is 9.18 Å². The molecule has 0 radical (unpaired) electrons. The molecule has 2 N–H and O–H groups in total. The van der Waals surface area contributed by atoms with E-state index in [4.69, 9.17) is 5.11 Å². The summed E-state index contributed by atoms with van der Waals surface area (Å²) in [7, 11) is 0. The number of halogens is 1. The van der Waals surface area contributed by atoms with Gasteiger partial charge in [-0.15, -0.1) is 11.3 Å². The summed E-state index contributed by atoms with van der Waals surface area (Å²) in [4.78, 5) is 12.8. The highest BCUT2D eigenvalue weighted by Crippen LogP contribution is 2.13. The van der Waals surface area contributed by atoms with E-state index in [1.54, 1.807) is 0 Å². The molecule has 0 aliphatic rings. The van der Waals surface area contributed by atoms with Crippen molar-refractivity contribution >= 4 is 17.2 Å². The quantitative estimate of drug-likeness (QED) is 0.851. The van der Waals surface area contributed by atoms with Gasteiger partial charge in [0.25, 0.3) is 5.91 Å². The number of nitrogens with one attached hydrogen (secondary N) is 1. The third-order valence-electron chi connectivity index (χ3n) is 2.50. The Balaban J connectivity index is 1.93. The van der Waals surface area contributed by atoms with Crippen LogP contribution in [-0.2, 0) is 6.54 Å². The molecule has 0 saturated heterocycles. The van der Waals surface area contributed by atoms with E-state index in [1.807, 2.05) is 11.4 Å². The average Bonchev–Trinajstić information content (AvgIpc) is 2.91. The van der Waals surface area contributed by atoms with E-state index in [1.165, 1.54) is 35.6 Å². The number of carbonyl (C=O) groups excluding carboxylic acids is 1. The highest BCUT2D eigenvalue weighted by molar-refractivity contribution is 7.10. The van der Waals surface area contributed by atoms with Crippen LogP contribution in [0.2, 0.25) is 0 Å². The number of hydrogen-bond acceptors (Lipinski definition) is 3. The van der Waals surface area contributed by atoms with Crippen LogP contribution in [0.15, 0.2) is 35.7 Å². The lowest BCUT2D eigenvalue weighted by atomic mass is 10.2. The highest BCUT2D eigenvalue weighted by Gasteiger charge is 2.06. The molecule has 1 aromatic heterocycles. The summed E-state index contributed by atoms with van der Waals surface area (Å²) >= 11 is 1.48. The second-order valence-corrected chi connectivity index (χ2v) is 4.95. The predicted octanol–water partition coefficient (Wildman–Crippen LogP) is 2.16. The fraction of sp³-hybridized carbons (Fsp3) is 0.133. The minimum Gasteiger partial charge on any atom is -0.384 e. The van der Waals surface area contributed by atoms with E-state index in [0.717, 1.165) is 10.4 Å². The number of hydrogen-bond donors (Lipinski definition) is 2. The summed E-state index contributed by atoms with van der Waals surface area (Å²) in [5, 5.41) is 13.2. The summed E-state index contributed by atoms with van der Waals surface area (Å²) in [6, 6.07) is 7.25. The standard InChI is InChI=1S/C15H12FNO2S/c16-13-5-3-12(4-6-13)15(19)17-9-14-8-11(10-20-14)2-1-7-18/h3-6,8,10,18H,7,9H2,(H,17,19). The van der Waals surface area contributed by atoms with Gasteiger partial charge in [0.15, 0.2) is 0 Å². The first-order valence-electron chi connectivity index (χ1n) is 5.90. The molecule has 2 rings (SSSR count). The fourth-order valence-electron chi connectivity index (χ4n) is 1.55. The van der Waals surface area contributed by atoms with Crippen LogP contribution in [0.5, 0.6) is 0 Å². The molecular weight excluding hydrogens is 277 g/mol. The SMILES string of the molecule is O=C(NCc1cc(C#CCO)cs1)c1ccc(F)cc1. The number of rotatable bonds is 3. The van der Waals surface area contributed by atoms with Crippen LogP contribution >= 0.6 is 11.3 Å². The van der Waals surface area contributed by atoms with Crippen molar-refractivity contribution in [2.24, 2.45) is 0 Å². The Kier molecular flexibility index (Phi) is 4.88. The van der Waals surface area contributed by atoms with E-state index in [2.05, 4.69) is 17.2 Å². The Morgan fingerprint density at radius 3 is 2.80 bits per heavy atom. The van der Waals surface area contributed by atoms with Crippen molar-refractivity contribution < 1.29 is 14.3 Å². The van der Waals surface area contributed by atoms with Crippen LogP contribution in [0.3, 0.4) is 0 Å². The summed E-state index contributed by atoms with van der Waals surface area (Å²) < 4.78 is 12.7. The fourth-order valence-corrected chi connectivity index (χ4v) is 2.31. The molecule has 0 saturated carbocycles. The number of thiophene rings is 1. The van der Waals surface area contributed by atoms with Crippen LogP contribution in [-0.4, -0.2) is 17.6 Å². The van der Waals surface area contributed by atoms with Gasteiger partial charge in [0, 0.05) is 21.4 Å². The van der Waals surface area contributed by atoms with Gasteiger partial charge in [-0.05, 0) is 30.3 Å². The van der Waals surface area contributed by atoms with E-state index in [-0.39, 0.29) is 18.3 Å². The number of amides is 1. The highest BCUT2D eigenvalue weighted by atomic mass is 32.1. The number of benzene rings is 1. The van der Waals surface area contributed by atoms with Gasteiger partial charge < -0.3 is 10.4 Å². The molecule has 1 heterocycles. The molecule has 1 amide bonds. The minimum absolute atomic E-state index is 0.174. The van der Waals surface area contributed by atoms with Crippen LogP contribution in [0.25, 0.3) is 0 Å². The third kappa shape index (κ3) is 3.92. The molecule has 3 nitrogen and oxygen atoms in total. The molecule has 0 aliphatic heterocycles. The van der Waals surface area contributed by atoms with Crippen molar-refractivity contribution in [3.05, 3.63) is 57.5 Å². The average molecular weight is 289 g/mol. The second kappa shape index (κ2) is 6.85. The number of aliphatic hydroxyl groups excluding tert-OH is 1. The van der Waals surface area contributed by atoms with Crippen molar-refractivity contribution in [1.29, 1.82) is 0 Å². The summed E-state index contributed by atoms with van der Waals surface area (Å²) in [5.74, 6) is 4.74. The van der Waals surface area contributed by atoms with Crippen LogP contribution in [0.4, 0.5) is 4.39 Å². The first-order valence-corrected chi connectivity index (χ1v) is 6.78. The molecule has 2 aromatic rings. The van der Waals surface area contributed by atoms with Crippen molar-refractivity contribution in [2.45, 2.75) is 6.54 Å². The maximum absolute atomic E-state index is 12.7. The predicted molar refractivity (Wildman–Crippen MR) is 75.9 cm³/mol. The zero-order valence-corrected chi connectivity index (χ0v) is 11.3. The van der Waals surface area contributed by atoms with Gasteiger partial charge in [-0.1, -0.05) is 11.8 Å². The summed E-state index contributed by atoms with van der Waals surface area (Å²) in [6.45, 7) is 0.216. The van der Waals surface area contributed by atoms with Crippen LogP contribution < -0.4 is 5.32 Å². The third-order valence-corrected chi connectivity index (χ3v) is 3.43. The minimum atomic E-state index is -0.369. The van der Waals surface area contributed by atoms with Gasteiger partial charge in [0.05, 0.1) is 6.54 Å². The molecule has 5 heteroatoms. The molecule has 20 heavy (non-hydrogen) atoms. The molecule has 0 atom stereocenters. The zero-order valence-electron chi connectivity index (χ0n) is 10.5. The van der Waals surface area contributed by atoms with E-state index in [0.29, 0.717) is 12.1 Å². The number of aliphatic hydroxyl groups is 1. The van der Waals surface area contributed by atoms with Crippen molar-refractivity contribution in [3.63, 3.8) is 0 Å². The second-order valence-electron chi connectivity index (χ2n) is 3.95. The Morgan fingerprint density at radius 2 is 2.10 bits per heavy atom. The van der Waals surface area contributed by atoms with Crippen molar-refractivity contribution in [2.75, 3.05) is 6.61 Å². The van der Waals surface area contributed by atoms with E-state index < -0.39 is 0 Å². The Hall–Kier alpha value is -2.16. The Morgan fingerprint density at radius 1 is 1.35 bits per heavy atom. The summed E-state index contributed by atoms with van der Waals surface area (Å²) in [6.07, 6.45) is 0. The van der Waals surface area contributed by atoms with Gasteiger partial charge in [-0.2, -0.15) is 0 Å². The van der Waals surface area contributed by atoms with Gasteiger partial charge in [-0.3, -0.25) is 4.79 Å². The molecule has 0 aliphatic carbocycles. The molecular formula is C15H12FNO2S. The van der Waals surface area contributed by atoms with Crippen molar-refractivity contribution in [3.8, 4) is 11.8 Å². The molecule has 1 aromatic carbocycles. The first kappa shape index (κ1) is 14.3. The lowest BCUT2D eigenvalue weighted by molar-refractivity contribution is 0.0951. The molecule has 102 valence electrons. The lowest BCUT2D eigenvalue weighted by Gasteiger charge is -2.03. The monoisotopic (exact) mass is 289 g/mol. The van der Waals surface area contributed by atoms with Gasteiger partial charge in [-0.25, -0.2) is 4.39 Å². The molecule has 0 unspecified atom stereocenters. The Bertz CT molecular complexity index is 653. The van der Waals surface area contributed by atoms with E-state index >= 15 is 0 Å². The van der Waals surface area contributed by atoms with Crippen LogP contribution in [0, 0.1) is 17.7 Å². The van der Waals surface area contributed by atoms with Gasteiger partial charge in [0.1, 0.15) is 12.4 Å². The number of carbonyl (C=O) groups is 1. The van der Waals surface area contributed by atoms with Crippen molar-refractivity contribution in [1.82, 2.24) is 5.32 Å². The summed E-state index contributed by atoms with van der Waals surface area (Å²) in [5.41, 5.74) is 1.23. The Labute approximate surface area is 120 Å². The lowest BCUT2D eigenvalue weighted by Crippen LogP contribution is -2.22. The normalized spacial score (nSPS) is 9.70. The zero-order chi connectivity index (χ0) is 14.4. The molecule has 0 fully saturated rings. The smallest absolute Gasteiger partial charge is 0.251 e.